The van der Waals surface area contributed by atoms with E-state index in [-0.39, 0.29) is 18.3 Å². The smallest absolute Gasteiger partial charge is 0.261 e. The Balaban J connectivity index is 1.36. The van der Waals surface area contributed by atoms with E-state index in [4.69, 9.17) is 0 Å². The quantitative estimate of drug-likeness (QED) is 0.657. The highest BCUT2D eigenvalue weighted by molar-refractivity contribution is 7.89. The number of carbonyl (C=O) groups excluding carboxylic acids is 2. The standard InChI is InChI=1S/C22H25N3O4S/c1-17-15-24(12-11-23(17)16-18-7-3-2-4-8-18)30(28,29)14-13-25-21(26)19-9-5-6-10-20(19)22(25)27/h2-10,17H,11-16H2,1H3. The Kier molecular flexibility index (Phi) is 5.73. The summed E-state index contributed by atoms with van der Waals surface area (Å²) in [4.78, 5) is 28.2. The van der Waals surface area contributed by atoms with Gasteiger partial charge in [0.25, 0.3) is 11.8 Å². The summed E-state index contributed by atoms with van der Waals surface area (Å²) in [5.74, 6) is -1.11. The van der Waals surface area contributed by atoms with Gasteiger partial charge in [0, 0.05) is 38.8 Å². The molecule has 0 bridgehead atoms. The van der Waals surface area contributed by atoms with E-state index in [1.165, 1.54) is 9.87 Å². The van der Waals surface area contributed by atoms with E-state index in [1.807, 2.05) is 25.1 Å². The van der Waals surface area contributed by atoms with Crippen LogP contribution in [0.1, 0.15) is 33.2 Å². The average molecular weight is 428 g/mol. The highest BCUT2D eigenvalue weighted by Crippen LogP contribution is 2.23. The topological polar surface area (TPSA) is 78.0 Å². The van der Waals surface area contributed by atoms with Crippen LogP contribution in [0.25, 0.3) is 0 Å². The van der Waals surface area contributed by atoms with Crippen molar-refractivity contribution in [1.82, 2.24) is 14.1 Å². The van der Waals surface area contributed by atoms with E-state index in [1.54, 1.807) is 24.3 Å². The van der Waals surface area contributed by atoms with Crippen molar-refractivity contribution in [2.24, 2.45) is 0 Å². The number of piperazine rings is 1. The molecule has 2 aliphatic rings. The third kappa shape index (κ3) is 4.03. The number of imide groups is 1. The molecule has 4 rings (SSSR count). The van der Waals surface area contributed by atoms with E-state index in [2.05, 4.69) is 17.0 Å². The van der Waals surface area contributed by atoms with Gasteiger partial charge in [0.05, 0.1) is 16.9 Å². The summed E-state index contributed by atoms with van der Waals surface area (Å²) in [5, 5.41) is 0. The van der Waals surface area contributed by atoms with Crippen LogP contribution in [-0.2, 0) is 16.6 Å². The highest BCUT2D eigenvalue weighted by atomic mass is 32.2. The number of benzene rings is 2. The molecule has 0 radical (unpaired) electrons. The lowest BCUT2D eigenvalue weighted by Gasteiger charge is -2.39. The fourth-order valence-electron chi connectivity index (χ4n) is 4.05. The summed E-state index contributed by atoms with van der Waals surface area (Å²) < 4.78 is 27.3. The lowest BCUT2D eigenvalue weighted by atomic mass is 10.1. The van der Waals surface area contributed by atoms with Crippen LogP contribution in [0.2, 0.25) is 0 Å². The number of fused-ring (bicyclic) bond motifs is 1. The Bertz CT molecular complexity index is 1020. The van der Waals surface area contributed by atoms with Crippen LogP contribution in [0.4, 0.5) is 0 Å². The van der Waals surface area contributed by atoms with Crippen molar-refractivity contribution in [1.29, 1.82) is 0 Å². The first-order valence-electron chi connectivity index (χ1n) is 10.1. The molecule has 2 aromatic carbocycles. The predicted octanol–water partition coefficient (Wildman–Crippen LogP) is 1.82. The van der Waals surface area contributed by atoms with Crippen LogP contribution in [0.3, 0.4) is 0 Å². The maximum Gasteiger partial charge on any atom is 0.261 e. The third-order valence-corrected chi connectivity index (χ3v) is 7.62. The zero-order valence-corrected chi connectivity index (χ0v) is 17.7. The zero-order valence-electron chi connectivity index (χ0n) is 16.9. The van der Waals surface area contributed by atoms with Gasteiger partial charge in [0.1, 0.15) is 0 Å². The fourth-order valence-corrected chi connectivity index (χ4v) is 5.52. The number of carbonyl (C=O) groups is 2. The number of rotatable bonds is 6. The van der Waals surface area contributed by atoms with Crippen LogP contribution in [-0.4, -0.2) is 72.3 Å². The van der Waals surface area contributed by atoms with Gasteiger partial charge in [-0.25, -0.2) is 8.42 Å². The molecule has 2 amide bonds. The van der Waals surface area contributed by atoms with Crippen molar-refractivity contribution >= 4 is 21.8 Å². The SMILES string of the molecule is CC1CN(S(=O)(=O)CCN2C(=O)c3ccccc3C2=O)CCN1Cc1ccccc1. The molecule has 0 saturated carbocycles. The van der Waals surface area contributed by atoms with Gasteiger partial charge in [-0.2, -0.15) is 4.31 Å². The van der Waals surface area contributed by atoms with Crippen molar-refractivity contribution in [3.05, 3.63) is 71.3 Å². The number of sulfonamides is 1. The van der Waals surface area contributed by atoms with Crippen molar-refractivity contribution < 1.29 is 18.0 Å². The molecule has 1 fully saturated rings. The maximum absolute atomic E-state index is 12.9. The van der Waals surface area contributed by atoms with Crippen LogP contribution in [0.5, 0.6) is 0 Å². The maximum atomic E-state index is 12.9. The largest absolute Gasteiger partial charge is 0.294 e. The molecule has 2 heterocycles. The average Bonchev–Trinajstić information content (AvgIpc) is 2.99. The lowest BCUT2D eigenvalue weighted by molar-refractivity contribution is 0.0663. The molecule has 158 valence electrons. The number of nitrogens with zero attached hydrogens (tertiary/aromatic N) is 3. The summed E-state index contributed by atoms with van der Waals surface area (Å²) in [6, 6.07) is 16.8. The first kappa shape index (κ1) is 20.7. The van der Waals surface area contributed by atoms with E-state index < -0.39 is 21.8 Å². The Morgan fingerprint density at radius 1 is 0.900 bits per heavy atom. The molecule has 2 aromatic rings. The van der Waals surface area contributed by atoms with Gasteiger partial charge in [-0.15, -0.1) is 0 Å². The zero-order chi connectivity index (χ0) is 21.3. The Labute approximate surface area is 176 Å². The van der Waals surface area contributed by atoms with Crippen molar-refractivity contribution in [3.8, 4) is 0 Å². The minimum absolute atomic E-state index is 0.0769. The van der Waals surface area contributed by atoms with Gasteiger partial charge in [0.2, 0.25) is 10.0 Å². The van der Waals surface area contributed by atoms with E-state index in [0.29, 0.717) is 30.8 Å². The van der Waals surface area contributed by atoms with Gasteiger partial charge in [-0.1, -0.05) is 42.5 Å². The number of hydrogen-bond donors (Lipinski definition) is 0. The van der Waals surface area contributed by atoms with Crippen LogP contribution in [0.15, 0.2) is 54.6 Å². The first-order valence-corrected chi connectivity index (χ1v) is 11.7. The summed E-state index contributed by atoms with van der Waals surface area (Å²) in [6.07, 6.45) is 0. The molecular formula is C22H25N3O4S. The fraction of sp³-hybridized carbons (Fsp3) is 0.364. The summed E-state index contributed by atoms with van der Waals surface area (Å²) in [5.41, 5.74) is 1.87. The Hall–Kier alpha value is -2.55. The van der Waals surface area contributed by atoms with Gasteiger partial charge in [-0.3, -0.25) is 19.4 Å². The Morgan fingerprint density at radius 2 is 1.50 bits per heavy atom. The van der Waals surface area contributed by atoms with E-state index in [0.717, 1.165) is 11.4 Å². The summed E-state index contributed by atoms with van der Waals surface area (Å²) in [6.45, 7) is 4.12. The van der Waals surface area contributed by atoms with Crippen LogP contribution in [0, 0.1) is 0 Å². The minimum atomic E-state index is -3.57. The Morgan fingerprint density at radius 3 is 2.10 bits per heavy atom. The molecule has 1 atom stereocenters. The van der Waals surface area contributed by atoms with E-state index >= 15 is 0 Å². The molecule has 0 aromatic heterocycles. The summed E-state index contributed by atoms with van der Waals surface area (Å²) >= 11 is 0. The number of amides is 2. The second-order valence-corrected chi connectivity index (χ2v) is 9.88. The molecule has 0 spiro atoms. The molecule has 7 nitrogen and oxygen atoms in total. The highest BCUT2D eigenvalue weighted by Gasteiger charge is 2.37. The molecule has 8 heteroatoms. The van der Waals surface area contributed by atoms with Crippen molar-refractivity contribution in [2.75, 3.05) is 31.9 Å². The van der Waals surface area contributed by atoms with Crippen molar-refractivity contribution in [2.45, 2.75) is 19.5 Å². The molecule has 2 aliphatic heterocycles. The van der Waals surface area contributed by atoms with E-state index in [9.17, 15) is 18.0 Å². The van der Waals surface area contributed by atoms with Crippen molar-refractivity contribution in [3.63, 3.8) is 0 Å². The lowest BCUT2D eigenvalue weighted by Crippen LogP contribution is -2.54. The predicted molar refractivity (Wildman–Crippen MR) is 113 cm³/mol. The number of hydrogen-bond acceptors (Lipinski definition) is 5. The van der Waals surface area contributed by atoms with Crippen LogP contribution < -0.4 is 0 Å². The molecule has 0 N–H and O–H groups in total. The minimum Gasteiger partial charge on any atom is -0.294 e. The molecule has 1 saturated heterocycles. The van der Waals surface area contributed by atoms with Gasteiger partial charge in [-0.05, 0) is 24.6 Å². The van der Waals surface area contributed by atoms with Gasteiger partial charge in [0.15, 0.2) is 0 Å². The van der Waals surface area contributed by atoms with Crippen LogP contribution >= 0.6 is 0 Å². The molecular weight excluding hydrogens is 402 g/mol. The molecule has 30 heavy (non-hydrogen) atoms. The first-order chi connectivity index (χ1) is 14.4. The molecule has 0 aliphatic carbocycles. The second-order valence-electron chi connectivity index (χ2n) is 7.79. The van der Waals surface area contributed by atoms with Gasteiger partial charge < -0.3 is 0 Å². The van der Waals surface area contributed by atoms with Gasteiger partial charge >= 0.3 is 0 Å². The monoisotopic (exact) mass is 427 g/mol. The second kappa shape index (κ2) is 8.29. The summed E-state index contributed by atoms with van der Waals surface area (Å²) in [7, 11) is -3.57. The normalized spacial score (nSPS) is 20.6. The third-order valence-electron chi connectivity index (χ3n) is 5.80. The molecule has 1 unspecified atom stereocenters.